The van der Waals surface area contributed by atoms with Gasteiger partial charge in [0.05, 0.1) is 38.0 Å². The molecule has 0 aliphatic heterocycles. The van der Waals surface area contributed by atoms with Crippen molar-refractivity contribution in [3.8, 4) is 22.9 Å². The molecule has 0 aliphatic carbocycles. The zero-order valence-corrected chi connectivity index (χ0v) is 14.8. The Kier molecular flexibility index (Phi) is 4.04. The van der Waals surface area contributed by atoms with Crippen LogP contribution in [0.3, 0.4) is 0 Å². The maximum absolute atomic E-state index is 5.42. The average molecular weight is 350 g/mol. The van der Waals surface area contributed by atoms with Crippen LogP contribution >= 0.6 is 0 Å². The number of imidazole rings is 1. The lowest BCUT2D eigenvalue weighted by molar-refractivity contribution is 0.354. The first kappa shape index (κ1) is 16.1. The number of hydrogen-bond acceptors (Lipinski definition) is 6. The quantitative estimate of drug-likeness (QED) is 0.550. The Labute approximate surface area is 150 Å². The summed E-state index contributed by atoms with van der Waals surface area (Å²) in [4.78, 5) is 8.84. The molecule has 0 N–H and O–H groups in total. The third-order valence-electron chi connectivity index (χ3n) is 4.26. The first-order chi connectivity index (χ1) is 12.7. The Bertz CT molecular complexity index is 1070. The molecule has 26 heavy (non-hydrogen) atoms. The van der Waals surface area contributed by atoms with Crippen molar-refractivity contribution in [2.45, 2.75) is 6.42 Å². The zero-order valence-electron chi connectivity index (χ0n) is 14.8. The molecule has 0 fully saturated rings. The number of hydrogen-bond donors (Lipinski definition) is 0. The predicted octanol–water partition coefficient (Wildman–Crippen LogP) is 3.23. The first-order valence-corrected chi connectivity index (χ1v) is 8.13. The van der Waals surface area contributed by atoms with E-state index in [4.69, 9.17) is 14.0 Å². The van der Waals surface area contributed by atoms with Gasteiger partial charge in [0.1, 0.15) is 0 Å². The summed E-state index contributed by atoms with van der Waals surface area (Å²) in [5.41, 5.74) is 3.85. The maximum Gasteiger partial charge on any atom is 0.231 e. The van der Waals surface area contributed by atoms with Gasteiger partial charge in [-0.15, -0.1) is 0 Å². The van der Waals surface area contributed by atoms with Crippen molar-refractivity contribution in [2.75, 3.05) is 14.2 Å². The fourth-order valence-electron chi connectivity index (χ4n) is 2.87. The van der Waals surface area contributed by atoms with Crippen molar-refractivity contribution >= 4 is 11.0 Å². The van der Waals surface area contributed by atoms with Gasteiger partial charge in [0.2, 0.25) is 11.7 Å². The summed E-state index contributed by atoms with van der Waals surface area (Å²) in [5, 5.41) is 4.11. The lowest BCUT2D eigenvalue weighted by Gasteiger charge is -2.08. The van der Waals surface area contributed by atoms with Gasteiger partial charge >= 0.3 is 0 Å². The number of methoxy groups -OCH3 is 2. The van der Waals surface area contributed by atoms with Gasteiger partial charge in [-0.2, -0.15) is 4.98 Å². The normalized spacial score (nSPS) is 11.0. The van der Waals surface area contributed by atoms with Crippen molar-refractivity contribution in [1.29, 1.82) is 0 Å². The second-order valence-corrected chi connectivity index (χ2v) is 5.94. The Morgan fingerprint density at radius 3 is 2.69 bits per heavy atom. The second-order valence-electron chi connectivity index (χ2n) is 5.94. The van der Waals surface area contributed by atoms with Gasteiger partial charge in [-0.1, -0.05) is 11.2 Å². The molecule has 4 rings (SSSR count). The number of nitrogens with zero attached hydrogens (tertiary/aromatic N) is 4. The minimum absolute atomic E-state index is 0.515. The van der Waals surface area contributed by atoms with Crippen LogP contribution in [0.2, 0.25) is 0 Å². The standard InChI is InChI=1S/C19H18N4O3/c1-23-11-20-14-6-5-13(10-15(14)23)19-21-18(26-22-19)9-12-4-7-16(24-2)17(8-12)25-3/h4-8,10-11H,9H2,1-3H3. The van der Waals surface area contributed by atoms with Gasteiger partial charge in [-0.05, 0) is 35.9 Å². The molecule has 4 aromatic rings. The Morgan fingerprint density at radius 2 is 1.88 bits per heavy atom. The summed E-state index contributed by atoms with van der Waals surface area (Å²) in [5.74, 6) is 2.46. The highest BCUT2D eigenvalue weighted by Gasteiger charge is 2.12. The smallest absolute Gasteiger partial charge is 0.231 e. The van der Waals surface area contributed by atoms with E-state index in [1.165, 1.54) is 0 Å². The summed E-state index contributed by atoms with van der Waals surface area (Å²) in [6, 6.07) is 11.6. The van der Waals surface area contributed by atoms with Gasteiger partial charge in [0, 0.05) is 12.6 Å². The number of ether oxygens (including phenoxy) is 2. The minimum Gasteiger partial charge on any atom is -0.493 e. The third-order valence-corrected chi connectivity index (χ3v) is 4.26. The molecule has 0 amide bonds. The van der Waals surface area contributed by atoms with E-state index in [9.17, 15) is 0 Å². The molecule has 132 valence electrons. The lowest BCUT2D eigenvalue weighted by Crippen LogP contribution is -1.94. The first-order valence-electron chi connectivity index (χ1n) is 8.13. The van der Waals surface area contributed by atoms with Crippen molar-refractivity contribution in [3.05, 3.63) is 54.2 Å². The van der Waals surface area contributed by atoms with Crippen LogP contribution < -0.4 is 9.47 Å². The minimum atomic E-state index is 0.515. The molecule has 2 aromatic heterocycles. The molecule has 7 nitrogen and oxygen atoms in total. The number of benzene rings is 2. The summed E-state index contributed by atoms with van der Waals surface area (Å²) in [6.07, 6.45) is 2.30. The van der Waals surface area contributed by atoms with Crippen molar-refractivity contribution in [3.63, 3.8) is 0 Å². The van der Waals surface area contributed by atoms with Gasteiger partial charge in [0.15, 0.2) is 11.5 Å². The number of fused-ring (bicyclic) bond motifs is 1. The number of aryl methyl sites for hydroxylation is 1. The topological polar surface area (TPSA) is 75.2 Å². The molecule has 7 heteroatoms. The fraction of sp³-hybridized carbons (Fsp3) is 0.211. The van der Waals surface area contributed by atoms with Crippen molar-refractivity contribution in [2.24, 2.45) is 7.05 Å². The van der Waals surface area contributed by atoms with E-state index in [0.717, 1.165) is 22.2 Å². The zero-order chi connectivity index (χ0) is 18.1. The largest absolute Gasteiger partial charge is 0.493 e. The predicted molar refractivity (Wildman–Crippen MR) is 96.4 cm³/mol. The van der Waals surface area contributed by atoms with Gasteiger partial charge in [0.25, 0.3) is 0 Å². The van der Waals surface area contributed by atoms with Gasteiger partial charge in [-0.25, -0.2) is 4.98 Å². The van der Waals surface area contributed by atoms with Gasteiger partial charge < -0.3 is 18.6 Å². The maximum atomic E-state index is 5.42. The number of aromatic nitrogens is 4. The van der Waals surface area contributed by atoms with Crippen molar-refractivity contribution in [1.82, 2.24) is 19.7 Å². The molecule has 2 heterocycles. The molecule has 0 radical (unpaired) electrons. The Morgan fingerprint density at radius 1 is 1.04 bits per heavy atom. The van der Waals surface area contributed by atoms with Crippen LogP contribution in [-0.2, 0) is 13.5 Å². The molecule has 0 atom stereocenters. The van der Waals surface area contributed by atoms with Crippen molar-refractivity contribution < 1.29 is 14.0 Å². The third kappa shape index (κ3) is 2.88. The summed E-state index contributed by atoms with van der Waals surface area (Å²) in [6.45, 7) is 0. The Hall–Kier alpha value is -3.35. The second kappa shape index (κ2) is 6.51. The van der Waals surface area contributed by atoms with Crippen LogP contribution in [-0.4, -0.2) is 33.9 Å². The summed E-state index contributed by atoms with van der Waals surface area (Å²) >= 11 is 0. The highest BCUT2D eigenvalue weighted by molar-refractivity contribution is 5.80. The molecular formula is C19H18N4O3. The van der Waals surface area contributed by atoms with Crippen LogP contribution in [0.25, 0.3) is 22.4 Å². The molecule has 0 saturated heterocycles. The van der Waals surface area contributed by atoms with E-state index in [1.54, 1.807) is 20.5 Å². The molecule has 0 bridgehead atoms. The van der Waals surface area contributed by atoms with Crippen LogP contribution in [0, 0.1) is 0 Å². The van der Waals surface area contributed by atoms with E-state index in [2.05, 4.69) is 15.1 Å². The van der Waals surface area contributed by atoms with Crippen LogP contribution in [0.4, 0.5) is 0 Å². The van der Waals surface area contributed by atoms with Crippen LogP contribution in [0.5, 0.6) is 11.5 Å². The van der Waals surface area contributed by atoms with Crippen LogP contribution in [0.15, 0.2) is 47.2 Å². The lowest BCUT2D eigenvalue weighted by atomic mass is 10.1. The molecular weight excluding hydrogens is 332 g/mol. The monoisotopic (exact) mass is 350 g/mol. The van der Waals surface area contributed by atoms with E-state index in [-0.39, 0.29) is 0 Å². The van der Waals surface area contributed by atoms with E-state index >= 15 is 0 Å². The highest BCUT2D eigenvalue weighted by atomic mass is 16.5. The molecule has 0 spiro atoms. The summed E-state index contributed by atoms with van der Waals surface area (Å²) in [7, 11) is 5.18. The average Bonchev–Trinajstić information content (AvgIpc) is 3.28. The fourth-order valence-corrected chi connectivity index (χ4v) is 2.87. The van der Waals surface area contributed by atoms with Crippen LogP contribution in [0.1, 0.15) is 11.5 Å². The van der Waals surface area contributed by atoms with E-state index in [1.807, 2.05) is 48.0 Å². The molecule has 0 aliphatic rings. The molecule has 0 unspecified atom stereocenters. The van der Waals surface area contributed by atoms with E-state index < -0.39 is 0 Å². The highest BCUT2D eigenvalue weighted by Crippen LogP contribution is 2.28. The molecule has 0 saturated carbocycles. The molecule has 2 aromatic carbocycles. The number of rotatable bonds is 5. The van der Waals surface area contributed by atoms with Gasteiger partial charge in [-0.3, -0.25) is 0 Å². The van der Waals surface area contributed by atoms with E-state index in [0.29, 0.717) is 29.6 Å². The summed E-state index contributed by atoms with van der Waals surface area (Å²) < 4.78 is 18.0. The SMILES string of the molecule is COc1ccc(Cc2nc(-c3ccc4ncn(C)c4c3)no2)cc1OC. The Balaban J connectivity index is 1.60.